The standard InChI is InChI=1S/C17H27N3O/c1-12(2)6-5-7-13(3)18-10-15-11-19-20-17(15)16-9-8-14(4)21-16/h8-9,11-13,18H,5-7,10H2,1-4H3,(H,19,20). The fourth-order valence-corrected chi connectivity index (χ4v) is 2.45. The lowest BCUT2D eigenvalue weighted by molar-refractivity contribution is 0.457. The van der Waals surface area contributed by atoms with E-state index in [-0.39, 0.29) is 0 Å². The summed E-state index contributed by atoms with van der Waals surface area (Å²) in [6, 6.07) is 4.48. The molecule has 2 aromatic heterocycles. The van der Waals surface area contributed by atoms with Gasteiger partial charge in [0, 0.05) is 18.2 Å². The third kappa shape index (κ3) is 4.74. The van der Waals surface area contributed by atoms with Crippen LogP contribution in [0.3, 0.4) is 0 Å². The predicted octanol–water partition coefficient (Wildman–Crippen LogP) is 4.28. The molecule has 2 aromatic rings. The van der Waals surface area contributed by atoms with E-state index in [1.54, 1.807) is 0 Å². The minimum Gasteiger partial charge on any atom is -0.460 e. The molecular weight excluding hydrogens is 262 g/mol. The van der Waals surface area contributed by atoms with E-state index in [4.69, 9.17) is 4.42 Å². The largest absolute Gasteiger partial charge is 0.460 e. The molecule has 2 rings (SSSR count). The van der Waals surface area contributed by atoms with Crippen LogP contribution < -0.4 is 5.32 Å². The Morgan fingerprint density at radius 3 is 2.71 bits per heavy atom. The van der Waals surface area contributed by atoms with Gasteiger partial charge in [-0.15, -0.1) is 0 Å². The lowest BCUT2D eigenvalue weighted by atomic mass is 10.0. The number of rotatable bonds is 8. The van der Waals surface area contributed by atoms with Crippen LogP contribution in [-0.2, 0) is 6.54 Å². The molecule has 2 heterocycles. The van der Waals surface area contributed by atoms with E-state index < -0.39 is 0 Å². The monoisotopic (exact) mass is 289 g/mol. The molecule has 0 aliphatic heterocycles. The predicted molar refractivity (Wildman–Crippen MR) is 86.0 cm³/mol. The molecule has 0 aliphatic rings. The Hall–Kier alpha value is -1.55. The molecule has 0 bridgehead atoms. The zero-order valence-corrected chi connectivity index (χ0v) is 13.6. The molecular formula is C17H27N3O. The smallest absolute Gasteiger partial charge is 0.152 e. The third-order valence-corrected chi connectivity index (χ3v) is 3.76. The van der Waals surface area contributed by atoms with E-state index in [1.807, 2.05) is 25.3 Å². The molecule has 0 aliphatic carbocycles. The van der Waals surface area contributed by atoms with Crippen LogP contribution in [0.5, 0.6) is 0 Å². The summed E-state index contributed by atoms with van der Waals surface area (Å²) < 4.78 is 5.67. The Balaban J connectivity index is 1.85. The molecule has 0 spiro atoms. The van der Waals surface area contributed by atoms with Gasteiger partial charge in [-0.05, 0) is 38.3 Å². The van der Waals surface area contributed by atoms with Crippen molar-refractivity contribution in [1.29, 1.82) is 0 Å². The van der Waals surface area contributed by atoms with Gasteiger partial charge in [-0.2, -0.15) is 5.10 Å². The highest BCUT2D eigenvalue weighted by Crippen LogP contribution is 2.23. The van der Waals surface area contributed by atoms with Crippen LogP contribution in [0.1, 0.15) is 51.4 Å². The van der Waals surface area contributed by atoms with E-state index in [0.717, 1.165) is 35.2 Å². The Morgan fingerprint density at radius 1 is 1.24 bits per heavy atom. The van der Waals surface area contributed by atoms with Gasteiger partial charge in [0.2, 0.25) is 0 Å². The Kier molecular flexibility index (Phi) is 5.62. The molecule has 0 saturated heterocycles. The Labute approximate surface area is 127 Å². The molecule has 2 N–H and O–H groups in total. The van der Waals surface area contributed by atoms with Crippen molar-refractivity contribution in [2.75, 3.05) is 0 Å². The molecule has 21 heavy (non-hydrogen) atoms. The highest BCUT2D eigenvalue weighted by atomic mass is 16.3. The van der Waals surface area contributed by atoms with Gasteiger partial charge in [-0.25, -0.2) is 0 Å². The molecule has 4 heteroatoms. The van der Waals surface area contributed by atoms with E-state index in [9.17, 15) is 0 Å². The van der Waals surface area contributed by atoms with Crippen LogP contribution in [0.15, 0.2) is 22.7 Å². The second kappa shape index (κ2) is 7.46. The number of aromatic nitrogens is 2. The lowest BCUT2D eigenvalue weighted by Gasteiger charge is -2.14. The summed E-state index contributed by atoms with van der Waals surface area (Å²) in [6.45, 7) is 9.57. The van der Waals surface area contributed by atoms with Gasteiger partial charge in [0.1, 0.15) is 11.5 Å². The number of H-pyrrole nitrogens is 1. The van der Waals surface area contributed by atoms with Gasteiger partial charge in [0.25, 0.3) is 0 Å². The molecule has 0 radical (unpaired) electrons. The van der Waals surface area contributed by atoms with Gasteiger partial charge in [-0.1, -0.05) is 26.7 Å². The van der Waals surface area contributed by atoms with Crippen molar-refractivity contribution >= 4 is 0 Å². The maximum atomic E-state index is 5.67. The Morgan fingerprint density at radius 2 is 2.05 bits per heavy atom. The topological polar surface area (TPSA) is 53.9 Å². The summed E-state index contributed by atoms with van der Waals surface area (Å²) in [7, 11) is 0. The minimum absolute atomic E-state index is 0.518. The molecule has 1 unspecified atom stereocenters. The molecule has 0 saturated carbocycles. The van der Waals surface area contributed by atoms with Crippen molar-refractivity contribution in [3.63, 3.8) is 0 Å². The molecule has 116 valence electrons. The quantitative estimate of drug-likeness (QED) is 0.762. The molecule has 1 atom stereocenters. The summed E-state index contributed by atoms with van der Waals surface area (Å²) in [5.41, 5.74) is 2.13. The van der Waals surface area contributed by atoms with Crippen molar-refractivity contribution in [2.45, 2.75) is 59.5 Å². The number of furan rings is 1. The average Bonchev–Trinajstić information content (AvgIpc) is 3.04. The first kappa shape index (κ1) is 15.8. The SMILES string of the molecule is Cc1ccc(-c2[nH]ncc2CNC(C)CCCC(C)C)o1. The van der Waals surface area contributed by atoms with Crippen molar-refractivity contribution in [1.82, 2.24) is 15.5 Å². The average molecular weight is 289 g/mol. The van der Waals surface area contributed by atoms with Crippen molar-refractivity contribution in [2.24, 2.45) is 5.92 Å². The summed E-state index contributed by atoms with van der Waals surface area (Å²) in [5, 5.41) is 10.8. The molecule has 0 aromatic carbocycles. The molecule has 0 amide bonds. The lowest BCUT2D eigenvalue weighted by Crippen LogP contribution is -2.25. The number of nitrogens with zero attached hydrogens (tertiary/aromatic N) is 1. The zero-order valence-electron chi connectivity index (χ0n) is 13.6. The summed E-state index contributed by atoms with van der Waals surface area (Å²) in [5.74, 6) is 2.56. The number of nitrogens with one attached hydrogen (secondary N) is 2. The van der Waals surface area contributed by atoms with Crippen molar-refractivity contribution in [3.8, 4) is 11.5 Å². The number of aromatic amines is 1. The van der Waals surface area contributed by atoms with Gasteiger partial charge in [0.15, 0.2) is 5.76 Å². The minimum atomic E-state index is 0.518. The zero-order chi connectivity index (χ0) is 15.2. The van der Waals surface area contributed by atoms with E-state index in [0.29, 0.717) is 6.04 Å². The van der Waals surface area contributed by atoms with Gasteiger partial charge < -0.3 is 9.73 Å². The van der Waals surface area contributed by atoms with Gasteiger partial charge in [0.05, 0.1) is 6.20 Å². The van der Waals surface area contributed by atoms with Gasteiger partial charge in [-0.3, -0.25) is 5.10 Å². The maximum absolute atomic E-state index is 5.67. The molecule has 0 fully saturated rings. The highest BCUT2D eigenvalue weighted by Gasteiger charge is 2.12. The summed E-state index contributed by atoms with van der Waals surface area (Å²) in [6.07, 6.45) is 5.67. The van der Waals surface area contributed by atoms with Crippen LogP contribution in [0, 0.1) is 12.8 Å². The van der Waals surface area contributed by atoms with Gasteiger partial charge >= 0.3 is 0 Å². The van der Waals surface area contributed by atoms with E-state index in [1.165, 1.54) is 19.3 Å². The normalized spacial score (nSPS) is 13.0. The summed E-state index contributed by atoms with van der Waals surface area (Å²) in [4.78, 5) is 0. The second-order valence-electron chi connectivity index (χ2n) is 6.29. The second-order valence-corrected chi connectivity index (χ2v) is 6.29. The van der Waals surface area contributed by atoms with Crippen LogP contribution in [0.4, 0.5) is 0 Å². The Bertz CT molecular complexity index is 542. The van der Waals surface area contributed by atoms with Crippen molar-refractivity contribution < 1.29 is 4.42 Å². The first-order chi connectivity index (χ1) is 10.1. The van der Waals surface area contributed by atoms with Crippen LogP contribution in [-0.4, -0.2) is 16.2 Å². The maximum Gasteiger partial charge on any atom is 0.152 e. The number of aryl methyl sites for hydroxylation is 1. The highest BCUT2D eigenvalue weighted by molar-refractivity contribution is 5.56. The van der Waals surface area contributed by atoms with E-state index >= 15 is 0 Å². The first-order valence-electron chi connectivity index (χ1n) is 7.88. The number of hydrogen-bond donors (Lipinski definition) is 2. The van der Waals surface area contributed by atoms with E-state index in [2.05, 4.69) is 36.3 Å². The molecule has 4 nitrogen and oxygen atoms in total. The van der Waals surface area contributed by atoms with Crippen LogP contribution in [0.2, 0.25) is 0 Å². The fraction of sp³-hybridized carbons (Fsp3) is 0.588. The summed E-state index contributed by atoms with van der Waals surface area (Å²) >= 11 is 0. The first-order valence-corrected chi connectivity index (χ1v) is 7.88. The van der Waals surface area contributed by atoms with Crippen LogP contribution >= 0.6 is 0 Å². The van der Waals surface area contributed by atoms with Crippen molar-refractivity contribution in [3.05, 3.63) is 29.7 Å². The van der Waals surface area contributed by atoms with Crippen LogP contribution in [0.25, 0.3) is 11.5 Å². The third-order valence-electron chi connectivity index (χ3n) is 3.76. The fourth-order valence-electron chi connectivity index (χ4n) is 2.45. The number of hydrogen-bond acceptors (Lipinski definition) is 3.